The van der Waals surface area contributed by atoms with Crippen LogP contribution in [0.2, 0.25) is 0 Å². The molecule has 0 spiro atoms. The Hall–Kier alpha value is -1.19. The van der Waals surface area contributed by atoms with Crippen LogP contribution in [-0.4, -0.2) is 6.30 Å². The van der Waals surface area contributed by atoms with E-state index >= 15 is 0 Å². The van der Waals surface area contributed by atoms with Gasteiger partial charge in [0, 0.05) is 5.69 Å². The van der Waals surface area contributed by atoms with Gasteiger partial charge in [-0.1, -0.05) is 12.1 Å². The van der Waals surface area contributed by atoms with E-state index in [9.17, 15) is 13.2 Å². The molecule has 0 aliphatic carbocycles. The molecule has 0 heterocycles. The number of alkyl halides is 3. The number of nitrogens with one attached hydrogen (secondary N) is 1. The Labute approximate surface area is 61.8 Å². The Kier molecular flexibility index (Phi) is 2.03. The van der Waals surface area contributed by atoms with Crippen molar-refractivity contribution >= 4 is 5.69 Å². The molecule has 0 bridgehead atoms. The highest BCUT2D eigenvalue weighted by molar-refractivity contribution is 5.42. The minimum atomic E-state index is -4.37. The average Bonchev–Trinajstić information content (AvgIpc) is 1.85. The summed E-state index contributed by atoms with van der Waals surface area (Å²) >= 11 is 0. The van der Waals surface area contributed by atoms with Crippen LogP contribution >= 0.6 is 0 Å². The van der Waals surface area contributed by atoms with Crippen LogP contribution < -0.4 is 5.32 Å². The molecule has 1 radical (unpaired) electrons. The number of benzene rings is 1. The molecule has 0 aliphatic heterocycles. The molecule has 11 heavy (non-hydrogen) atoms. The van der Waals surface area contributed by atoms with E-state index in [0.29, 0.717) is 0 Å². The fourth-order valence-corrected chi connectivity index (χ4v) is 0.635. The van der Waals surface area contributed by atoms with Crippen molar-refractivity contribution in [1.82, 2.24) is 0 Å². The summed E-state index contributed by atoms with van der Waals surface area (Å²) in [7, 11) is 0. The maximum absolute atomic E-state index is 11.6. The predicted molar refractivity (Wildman–Crippen MR) is 35.0 cm³/mol. The quantitative estimate of drug-likeness (QED) is 0.622. The van der Waals surface area contributed by atoms with Crippen LogP contribution in [0.15, 0.2) is 24.3 Å². The second kappa shape index (κ2) is 2.82. The summed E-state index contributed by atoms with van der Waals surface area (Å²) in [4.78, 5) is 0. The molecule has 0 unspecified atom stereocenters. The topological polar surface area (TPSA) is 12.0 Å². The van der Waals surface area contributed by atoms with E-state index in [1.807, 2.05) is 0 Å². The first-order chi connectivity index (χ1) is 5.08. The van der Waals surface area contributed by atoms with Crippen LogP contribution in [0.4, 0.5) is 18.9 Å². The van der Waals surface area contributed by atoms with Gasteiger partial charge < -0.3 is 0 Å². The lowest BCUT2D eigenvalue weighted by Crippen LogP contribution is -2.20. The lowest BCUT2D eigenvalue weighted by Gasteiger charge is -2.08. The van der Waals surface area contributed by atoms with Gasteiger partial charge in [-0.15, -0.1) is 0 Å². The van der Waals surface area contributed by atoms with Crippen molar-refractivity contribution in [3.8, 4) is 0 Å². The van der Waals surface area contributed by atoms with Crippen LogP contribution in [0.3, 0.4) is 0 Å². The SMILES string of the molecule is FC(F)(F)Nc1c[c]ccc1. The van der Waals surface area contributed by atoms with Crippen molar-refractivity contribution in [1.29, 1.82) is 0 Å². The smallest absolute Gasteiger partial charge is 0.297 e. The zero-order valence-electron chi connectivity index (χ0n) is 5.44. The fourth-order valence-electron chi connectivity index (χ4n) is 0.635. The van der Waals surface area contributed by atoms with Gasteiger partial charge >= 0.3 is 6.30 Å². The van der Waals surface area contributed by atoms with Crippen LogP contribution in [0.5, 0.6) is 0 Å². The maximum Gasteiger partial charge on any atom is 0.482 e. The normalized spacial score (nSPS) is 11.2. The Bertz CT molecular complexity index is 217. The fraction of sp³-hybridized carbons (Fsp3) is 0.143. The molecule has 0 aliphatic rings. The van der Waals surface area contributed by atoms with Gasteiger partial charge in [-0.2, -0.15) is 13.2 Å². The van der Waals surface area contributed by atoms with Crippen molar-refractivity contribution < 1.29 is 13.2 Å². The van der Waals surface area contributed by atoms with Crippen LogP contribution in [-0.2, 0) is 0 Å². The average molecular weight is 160 g/mol. The Morgan fingerprint density at radius 3 is 2.55 bits per heavy atom. The minimum Gasteiger partial charge on any atom is -0.297 e. The van der Waals surface area contributed by atoms with Crippen LogP contribution in [0, 0.1) is 6.07 Å². The summed E-state index contributed by atoms with van der Waals surface area (Å²) in [6.07, 6.45) is -4.37. The van der Waals surface area contributed by atoms with Crippen molar-refractivity contribution in [3.63, 3.8) is 0 Å². The first-order valence-electron chi connectivity index (χ1n) is 2.89. The van der Waals surface area contributed by atoms with Crippen molar-refractivity contribution in [3.05, 3.63) is 30.3 Å². The number of rotatable bonds is 1. The van der Waals surface area contributed by atoms with E-state index in [1.54, 1.807) is 0 Å². The molecule has 0 fully saturated rings. The molecular formula is C7H5F3N. The third-order valence-electron chi connectivity index (χ3n) is 0.993. The number of hydrogen-bond acceptors (Lipinski definition) is 1. The first kappa shape index (κ1) is 7.91. The summed E-state index contributed by atoms with van der Waals surface area (Å²) in [5, 5.41) is 1.35. The standard InChI is InChI=1S/C7H5F3N/c8-7(9,10)11-6-4-2-1-3-5-6/h1-2,4-5,11H. The highest BCUT2D eigenvalue weighted by Gasteiger charge is 2.26. The highest BCUT2D eigenvalue weighted by Crippen LogP contribution is 2.18. The monoisotopic (exact) mass is 160 g/mol. The summed E-state index contributed by atoms with van der Waals surface area (Å²) in [6, 6.07) is 8.08. The van der Waals surface area contributed by atoms with E-state index in [2.05, 4.69) is 6.07 Å². The van der Waals surface area contributed by atoms with Gasteiger partial charge in [0.25, 0.3) is 0 Å². The summed E-state index contributed by atoms with van der Waals surface area (Å²) in [6.45, 7) is 0. The van der Waals surface area contributed by atoms with Gasteiger partial charge in [0.2, 0.25) is 0 Å². The van der Waals surface area contributed by atoms with Crippen LogP contribution in [0.1, 0.15) is 0 Å². The Balaban J connectivity index is 2.66. The second-order valence-electron chi connectivity index (χ2n) is 1.91. The lowest BCUT2D eigenvalue weighted by molar-refractivity contribution is -0.0999. The first-order valence-corrected chi connectivity index (χ1v) is 2.89. The second-order valence-corrected chi connectivity index (χ2v) is 1.91. The molecule has 4 heteroatoms. The molecule has 0 amide bonds. The third kappa shape index (κ3) is 2.93. The number of halogens is 3. The largest absolute Gasteiger partial charge is 0.482 e. The molecule has 0 saturated carbocycles. The van der Waals surface area contributed by atoms with Gasteiger partial charge in [0.05, 0.1) is 0 Å². The summed E-state index contributed by atoms with van der Waals surface area (Å²) < 4.78 is 34.8. The molecule has 59 valence electrons. The summed E-state index contributed by atoms with van der Waals surface area (Å²) in [5.74, 6) is 0. The van der Waals surface area contributed by atoms with E-state index in [-0.39, 0.29) is 5.69 Å². The lowest BCUT2D eigenvalue weighted by atomic mass is 10.3. The molecule has 0 atom stereocenters. The molecule has 1 rings (SSSR count). The molecular weight excluding hydrogens is 155 g/mol. The Morgan fingerprint density at radius 1 is 1.36 bits per heavy atom. The molecule has 0 aromatic heterocycles. The zero-order valence-corrected chi connectivity index (χ0v) is 5.44. The maximum atomic E-state index is 11.6. The van der Waals surface area contributed by atoms with Gasteiger partial charge in [0.1, 0.15) is 0 Å². The third-order valence-corrected chi connectivity index (χ3v) is 0.993. The molecule has 1 aromatic rings. The van der Waals surface area contributed by atoms with Crippen molar-refractivity contribution in [2.75, 3.05) is 5.32 Å². The molecule has 1 aromatic carbocycles. The van der Waals surface area contributed by atoms with Crippen molar-refractivity contribution in [2.24, 2.45) is 0 Å². The minimum absolute atomic E-state index is 0.000000000000000666. The van der Waals surface area contributed by atoms with Gasteiger partial charge in [0.15, 0.2) is 0 Å². The number of anilines is 1. The molecule has 1 N–H and O–H groups in total. The van der Waals surface area contributed by atoms with Crippen LogP contribution in [0.25, 0.3) is 0 Å². The van der Waals surface area contributed by atoms with E-state index in [0.717, 1.165) is 0 Å². The Morgan fingerprint density at radius 2 is 2.09 bits per heavy atom. The molecule has 1 nitrogen and oxygen atoms in total. The zero-order chi connectivity index (χ0) is 8.32. The summed E-state index contributed by atoms with van der Waals surface area (Å²) in [5.41, 5.74) is 0.000000000000000666. The van der Waals surface area contributed by atoms with E-state index < -0.39 is 6.30 Å². The van der Waals surface area contributed by atoms with Crippen molar-refractivity contribution in [2.45, 2.75) is 6.30 Å². The van der Waals surface area contributed by atoms with Gasteiger partial charge in [-0.3, -0.25) is 5.32 Å². The van der Waals surface area contributed by atoms with E-state index in [4.69, 9.17) is 0 Å². The van der Waals surface area contributed by atoms with E-state index in [1.165, 1.54) is 29.6 Å². The highest BCUT2D eigenvalue weighted by atomic mass is 19.4. The predicted octanol–water partition coefficient (Wildman–Crippen LogP) is 2.42. The van der Waals surface area contributed by atoms with Gasteiger partial charge in [-0.25, -0.2) is 0 Å². The molecule has 0 saturated heterocycles. The number of hydrogen-bond donors (Lipinski definition) is 1. The van der Waals surface area contributed by atoms with Gasteiger partial charge in [-0.05, 0) is 18.2 Å².